The quantitative estimate of drug-likeness (QED) is 0.174. The standard InChI is InChI=1S/C50H31N3/c1-3-11-32(12-4-1)38-24-26-43-46(29-38)51-50(52-49(43)40-22-21-35-20-19-34-15-9-10-18-41(34)44(35)28-40)53-47-31-39(33-13-5-2-6-14-33)23-25-42(47)45-27-36-16-7-8-17-37(36)30-48(45)53/h1-31H. The van der Waals surface area contributed by atoms with E-state index in [-0.39, 0.29) is 0 Å². The highest BCUT2D eigenvalue weighted by Gasteiger charge is 2.20. The molecule has 0 amide bonds. The molecule has 53 heavy (non-hydrogen) atoms. The molecule has 0 aliphatic rings. The molecule has 0 radical (unpaired) electrons. The first-order valence-electron chi connectivity index (χ1n) is 18.1. The zero-order valence-electron chi connectivity index (χ0n) is 28.7. The second-order valence-corrected chi connectivity index (χ2v) is 13.8. The summed E-state index contributed by atoms with van der Waals surface area (Å²) in [5.41, 5.74) is 9.64. The van der Waals surface area contributed by atoms with Crippen LogP contribution in [0.25, 0.3) is 104 Å². The first kappa shape index (κ1) is 29.6. The van der Waals surface area contributed by atoms with Gasteiger partial charge in [0, 0.05) is 21.7 Å². The van der Waals surface area contributed by atoms with Crippen molar-refractivity contribution in [3.63, 3.8) is 0 Å². The number of rotatable bonds is 4. The van der Waals surface area contributed by atoms with Crippen LogP contribution in [0, 0.1) is 0 Å². The minimum Gasteiger partial charge on any atom is -0.278 e. The zero-order chi connectivity index (χ0) is 34.9. The van der Waals surface area contributed by atoms with Gasteiger partial charge in [-0.25, -0.2) is 9.97 Å². The van der Waals surface area contributed by atoms with Crippen LogP contribution in [0.2, 0.25) is 0 Å². The Morgan fingerprint density at radius 2 is 0.868 bits per heavy atom. The van der Waals surface area contributed by atoms with Crippen molar-refractivity contribution in [3.05, 3.63) is 188 Å². The summed E-state index contributed by atoms with van der Waals surface area (Å²) in [6, 6.07) is 67.5. The van der Waals surface area contributed by atoms with Crippen molar-refractivity contribution in [2.75, 3.05) is 0 Å². The van der Waals surface area contributed by atoms with Crippen molar-refractivity contribution in [3.8, 4) is 39.5 Å². The van der Waals surface area contributed by atoms with Crippen LogP contribution < -0.4 is 0 Å². The van der Waals surface area contributed by atoms with Crippen molar-refractivity contribution in [2.45, 2.75) is 0 Å². The minimum absolute atomic E-state index is 0.649. The molecule has 0 aliphatic carbocycles. The molecule has 0 spiro atoms. The normalized spacial score (nSPS) is 11.8. The summed E-state index contributed by atoms with van der Waals surface area (Å²) < 4.78 is 2.28. The number of aromatic nitrogens is 3. The highest BCUT2D eigenvalue weighted by atomic mass is 15.2. The molecule has 0 aliphatic heterocycles. The minimum atomic E-state index is 0.649. The summed E-state index contributed by atoms with van der Waals surface area (Å²) in [5, 5.41) is 10.6. The zero-order valence-corrected chi connectivity index (χ0v) is 28.7. The van der Waals surface area contributed by atoms with E-state index in [9.17, 15) is 0 Å². The van der Waals surface area contributed by atoms with E-state index in [1.807, 2.05) is 0 Å². The highest BCUT2D eigenvalue weighted by Crippen LogP contribution is 2.39. The average molecular weight is 674 g/mol. The molecule has 2 aromatic heterocycles. The van der Waals surface area contributed by atoms with E-state index in [0.29, 0.717) is 5.95 Å². The van der Waals surface area contributed by atoms with Gasteiger partial charge in [0.1, 0.15) is 0 Å². The molecule has 246 valence electrons. The Bertz CT molecular complexity index is 3210. The third kappa shape index (κ3) is 4.82. The van der Waals surface area contributed by atoms with E-state index in [4.69, 9.17) is 9.97 Å². The van der Waals surface area contributed by atoms with Crippen LogP contribution in [0.1, 0.15) is 0 Å². The van der Waals surface area contributed by atoms with E-state index >= 15 is 0 Å². The molecule has 11 aromatic rings. The topological polar surface area (TPSA) is 30.7 Å². The van der Waals surface area contributed by atoms with Gasteiger partial charge in [-0.15, -0.1) is 0 Å². The fraction of sp³-hybridized carbons (Fsp3) is 0. The molecule has 3 heteroatoms. The molecule has 3 nitrogen and oxygen atoms in total. The van der Waals surface area contributed by atoms with Crippen molar-refractivity contribution in [1.29, 1.82) is 0 Å². The Morgan fingerprint density at radius 1 is 0.302 bits per heavy atom. The SMILES string of the molecule is c1ccc(-c2ccc3c(-c4ccc5ccc6ccccc6c5c4)nc(-n4c5cc(-c6ccccc6)ccc5c5cc6ccccc6cc54)nc3c2)cc1. The maximum absolute atomic E-state index is 5.54. The Morgan fingerprint density at radius 3 is 1.62 bits per heavy atom. The lowest BCUT2D eigenvalue weighted by Crippen LogP contribution is -2.04. The van der Waals surface area contributed by atoms with Crippen molar-refractivity contribution in [2.24, 2.45) is 0 Å². The van der Waals surface area contributed by atoms with Gasteiger partial charge in [0.15, 0.2) is 0 Å². The Kier molecular flexibility index (Phi) is 6.55. The van der Waals surface area contributed by atoms with Gasteiger partial charge in [0.2, 0.25) is 5.95 Å². The summed E-state index contributed by atoms with van der Waals surface area (Å²) in [5.74, 6) is 0.649. The predicted octanol–water partition coefficient (Wildman–Crippen LogP) is 13.2. The van der Waals surface area contributed by atoms with E-state index in [0.717, 1.165) is 49.9 Å². The molecular weight excluding hydrogens is 643 g/mol. The van der Waals surface area contributed by atoms with Gasteiger partial charge in [-0.3, -0.25) is 4.57 Å². The van der Waals surface area contributed by atoms with Crippen LogP contribution in [-0.2, 0) is 0 Å². The molecule has 9 aromatic carbocycles. The van der Waals surface area contributed by atoms with Crippen LogP contribution in [0.4, 0.5) is 0 Å². The van der Waals surface area contributed by atoms with Crippen LogP contribution in [0.15, 0.2) is 188 Å². The second kappa shape index (κ2) is 11.7. The smallest absolute Gasteiger partial charge is 0.235 e. The molecule has 11 rings (SSSR count). The predicted molar refractivity (Wildman–Crippen MR) is 223 cm³/mol. The fourth-order valence-corrected chi connectivity index (χ4v) is 8.13. The third-order valence-electron chi connectivity index (χ3n) is 10.8. The molecule has 0 fully saturated rings. The number of hydrogen-bond donors (Lipinski definition) is 0. The third-order valence-corrected chi connectivity index (χ3v) is 10.8. The summed E-state index contributed by atoms with van der Waals surface area (Å²) in [4.78, 5) is 11.0. The van der Waals surface area contributed by atoms with Gasteiger partial charge in [0.25, 0.3) is 0 Å². The maximum atomic E-state index is 5.54. The summed E-state index contributed by atoms with van der Waals surface area (Å²) in [7, 11) is 0. The van der Waals surface area contributed by atoms with E-state index < -0.39 is 0 Å². The fourth-order valence-electron chi connectivity index (χ4n) is 8.13. The van der Waals surface area contributed by atoms with Crippen LogP contribution in [0.5, 0.6) is 0 Å². The lowest BCUT2D eigenvalue weighted by atomic mass is 9.97. The van der Waals surface area contributed by atoms with Gasteiger partial charge in [-0.1, -0.05) is 152 Å². The number of fused-ring (bicyclic) bond motifs is 8. The lowest BCUT2D eigenvalue weighted by Gasteiger charge is -2.14. The molecule has 0 atom stereocenters. The molecule has 0 saturated carbocycles. The van der Waals surface area contributed by atoms with Crippen molar-refractivity contribution < 1.29 is 0 Å². The first-order chi connectivity index (χ1) is 26.2. The summed E-state index contributed by atoms with van der Waals surface area (Å²) in [6.07, 6.45) is 0. The van der Waals surface area contributed by atoms with Crippen LogP contribution >= 0.6 is 0 Å². The van der Waals surface area contributed by atoms with Gasteiger partial charge in [-0.2, -0.15) is 0 Å². The largest absolute Gasteiger partial charge is 0.278 e. The van der Waals surface area contributed by atoms with Gasteiger partial charge in [0.05, 0.1) is 22.2 Å². The number of hydrogen-bond acceptors (Lipinski definition) is 2. The summed E-state index contributed by atoms with van der Waals surface area (Å²) >= 11 is 0. The van der Waals surface area contributed by atoms with Gasteiger partial charge in [-0.05, 0) is 91.0 Å². The van der Waals surface area contributed by atoms with Gasteiger partial charge < -0.3 is 0 Å². The Hall–Kier alpha value is -7.10. The molecular formula is C50H31N3. The van der Waals surface area contributed by atoms with Crippen molar-refractivity contribution in [1.82, 2.24) is 14.5 Å². The maximum Gasteiger partial charge on any atom is 0.235 e. The average Bonchev–Trinajstić information content (AvgIpc) is 3.55. The van der Waals surface area contributed by atoms with Crippen molar-refractivity contribution >= 4 is 65.0 Å². The monoisotopic (exact) mass is 673 g/mol. The number of benzene rings is 9. The molecule has 0 unspecified atom stereocenters. The number of nitrogens with zero attached hydrogens (tertiary/aromatic N) is 3. The van der Waals surface area contributed by atoms with E-state index in [1.54, 1.807) is 0 Å². The summed E-state index contributed by atoms with van der Waals surface area (Å²) in [6.45, 7) is 0. The Balaban J connectivity index is 1.24. The van der Waals surface area contributed by atoms with Gasteiger partial charge >= 0.3 is 0 Å². The lowest BCUT2D eigenvalue weighted by molar-refractivity contribution is 1.01. The molecule has 0 saturated heterocycles. The highest BCUT2D eigenvalue weighted by molar-refractivity contribution is 6.14. The van der Waals surface area contributed by atoms with E-state index in [1.165, 1.54) is 48.7 Å². The van der Waals surface area contributed by atoms with E-state index in [2.05, 4.69) is 193 Å². The first-order valence-corrected chi connectivity index (χ1v) is 18.1. The molecule has 0 N–H and O–H groups in total. The second-order valence-electron chi connectivity index (χ2n) is 13.8. The molecule has 2 heterocycles. The molecule has 0 bridgehead atoms. The van der Waals surface area contributed by atoms with Crippen LogP contribution in [0.3, 0.4) is 0 Å². The van der Waals surface area contributed by atoms with Crippen LogP contribution in [-0.4, -0.2) is 14.5 Å². The Labute approximate surface area is 306 Å².